The van der Waals surface area contributed by atoms with Crippen LogP contribution in [0.4, 0.5) is 4.39 Å². The largest absolute Gasteiger partial charge is 0.493 e. The number of benzene rings is 1. The maximum Gasteiger partial charge on any atom is 0.289 e. The Balaban J connectivity index is 2.20. The van der Waals surface area contributed by atoms with E-state index < -0.39 is 17.8 Å². The van der Waals surface area contributed by atoms with E-state index in [1.165, 1.54) is 18.0 Å². The summed E-state index contributed by atoms with van der Waals surface area (Å²) in [6.07, 6.45) is 1.72. The van der Waals surface area contributed by atoms with Gasteiger partial charge in [-0.3, -0.25) is 9.18 Å². The van der Waals surface area contributed by atoms with Crippen LogP contribution in [-0.2, 0) is 12.1 Å². The molecule has 0 radical (unpaired) electrons. The van der Waals surface area contributed by atoms with Gasteiger partial charge in [0.05, 0.1) is 36.6 Å². The number of aromatic nitrogens is 2. The number of nitrogens with zero attached hydrogens (tertiary/aromatic N) is 2. The molecule has 0 amide bonds. The molecule has 0 atom stereocenters. The topological polar surface area (TPSA) is 62.6 Å². The maximum absolute atomic E-state index is 12.4. The molecule has 0 aliphatic rings. The second kappa shape index (κ2) is 9.60. The van der Waals surface area contributed by atoms with Crippen molar-refractivity contribution in [1.29, 1.82) is 0 Å². The molecule has 0 unspecified atom stereocenters. The van der Waals surface area contributed by atoms with Crippen LogP contribution < -0.4 is 19.8 Å². The maximum atomic E-state index is 12.4. The van der Waals surface area contributed by atoms with Gasteiger partial charge in [-0.1, -0.05) is 11.6 Å². The number of rotatable bonds is 8. The first-order chi connectivity index (χ1) is 13.2. The molecule has 0 spiro atoms. The van der Waals surface area contributed by atoms with Crippen LogP contribution in [0.25, 0.3) is 0 Å². The molecular formula is C19H23BrClFN2O4. The van der Waals surface area contributed by atoms with Crippen LogP contribution in [0.15, 0.2) is 27.6 Å². The highest BCUT2D eigenvalue weighted by Crippen LogP contribution is 2.37. The zero-order valence-electron chi connectivity index (χ0n) is 16.2. The van der Waals surface area contributed by atoms with Gasteiger partial charge in [0.2, 0.25) is 0 Å². The second-order valence-corrected chi connectivity index (χ2v) is 8.23. The van der Waals surface area contributed by atoms with Gasteiger partial charge in [-0.2, -0.15) is 5.10 Å². The van der Waals surface area contributed by atoms with Crippen molar-refractivity contribution >= 4 is 27.5 Å². The molecule has 0 aliphatic carbocycles. The van der Waals surface area contributed by atoms with Gasteiger partial charge in [0.25, 0.3) is 5.56 Å². The Morgan fingerprint density at radius 2 is 1.96 bits per heavy atom. The zero-order valence-corrected chi connectivity index (χ0v) is 18.6. The molecule has 0 bridgehead atoms. The number of alkyl halides is 1. The average molecular weight is 478 g/mol. The van der Waals surface area contributed by atoms with E-state index in [1.807, 2.05) is 20.8 Å². The number of hydrogen-bond acceptors (Lipinski definition) is 5. The Bertz CT molecular complexity index is 883. The summed E-state index contributed by atoms with van der Waals surface area (Å²) in [5.74, 6) is 1.18. The lowest BCUT2D eigenvalue weighted by Gasteiger charge is -2.21. The van der Waals surface area contributed by atoms with E-state index in [4.69, 9.17) is 25.8 Å². The molecule has 2 rings (SSSR count). The number of halogens is 3. The number of hydrogen-bond donors (Lipinski definition) is 0. The van der Waals surface area contributed by atoms with Crippen LogP contribution in [0, 0.1) is 0 Å². The highest BCUT2D eigenvalue weighted by atomic mass is 79.9. The van der Waals surface area contributed by atoms with Crippen molar-refractivity contribution in [2.24, 2.45) is 0 Å². The van der Waals surface area contributed by atoms with Crippen LogP contribution in [0.5, 0.6) is 17.2 Å². The van der Waals surface area contributed by atoms with Gasteiger partial charge in [-0.25, -0.2) is 4.68 Å². The monoisotopic (exact) mass is 476 g/mol. The number of methoxy groups -OCH3 is 1. The average Bonchev–Trinajstić information content (AvgIpc) is 2.63. The van der Waals surface area contributed by atoms with Crippen molar-refractivity contribution in [2.45, 2.75) is 39.3 Å². The first kappa shape index (κ1) is 22.5. The third kappa shape index (κ3) is 5.38. The fourth-order valence-electron chi connectivity index (χ4n) is 2.38. The Morgan fingerprint density at radius 3 is 2.57 bits per heavy atom. The van der Waals surface area contributed by atoms with E-state index in [9.17, 15) is 9.18 Å². The third-order valence-electron chi connectivity index (χ3n) is 3.73. The SMILES string of the molecule is COc1cc(COc2cnn(C(C)(C)C)c(=O)c2Cl)cc(Br)c1OCCCF. The van der Waals surface area contributed by atoms with Crippen molar-refractivity contribution in [3.8, 4) is 17.2 Å². The van der Waals surface area contributed by atoms with Crippen LogP contribution in [0.1, 0.15) is 32.8 Å². The van der Waals surface area contributed by atoms with Crippen LogP contribution in [-0.4, -0.2) is 30.2 Å². The van der Waals surface area contributed by atoms with Gasteiger partial charge in [-0.15, -0.1) is 0 Å². The van der Waals surface area contributed by atoms with Crippen LogP contribution >= 0.6 is 27.5 Å². The van der Waals surface area contributed by atoms with E-state index in [-0.39, 0.29) is 24.0 Å². The van der Waals surface area contributed by atoms with Gasteiger partial charge >= 0.3 is 0 Å². The summed E-state index contributed by atoms with van der Waals surface area (Å²) in [5, 5.41) is 4.11. The molecule has 1 heterocycles. The second-order valence-electron chi connectivity index (χ2n) is 7.00. The van der Waals surface area contributed by atoms with E-state index >= 15 is 0 Å². The molecule has 28 heavy (non-hydrogen) atoms. The van der Waals surface area contributed by atoms with Crippen LogP contribution in [0.3, 0.4) is 0 Å². The third-order valence-corrected chi connectivity index (χ3v) is 4.67. The first-order valence-electron chi connectivity index (χ1n) is 8.65. The molecule has 1 aromatic heterocycles. The Kier molecular flexibility index (Phi) is 7.71. The molecule has 0 saturated carbocycles. The van der Waals surface area contributed by atoms with Gasteiger partial charge in [0.1, 0.15) is 6.61 Å². The van der Waals surface area contributed by atoms with E-state index in [0.717, 1.165) is 5.56 Å². The van der Waals surface area contributed by atoms with E-state index in [2.05, 4.69) is 21.0 Å². The van der Waals surface area contributed by atoms with Gasteiger partial charge in [-0.05, 0) is 54.4 Å². The van der Waals surface area contributed by atoms with Gasteiger partial charge < -0.3 is 14.2 Å². The lowest BCUT2D eigenvalue weighted by molar-refractivity contribution is 0.270. The van der Waals surface area contributed by atoms with Crippen molar-refractivity contribution in [2.75, 3.05) is 20.4 Å². The predicted molar refractivity (Wildman–Crippen MR) is 110 cm³/mol. The smallest absolute Gasteiger partial charge is 0.289 e. The summed E-state index contributed by atoms with van der Waals surface area (Å²) in [6, 6.07) is 3.54. The summed E-state index contributed by atoms with van der Waals surface area (Å²) in [6.45, 7) is 5.51. The molecule has 1 aromatic carbocycles. The normalized spacial score (nSPS) is 11.4. The zero-order chi connectivity index (χ0) is 20.9. The molecule has 154 valence electrons. The molecule has 6 nitrogen and oxygen atoms in total. The molecule has 2 aromatic rings. The highest BCUT2D eigenvalue weighted by Gasteiger charge is 2.20. The quantitative estimate of drug-likeness (QED) is 0.514. The molecule has 0 N–H and O–H groups in total. The van der Waals surface area contributed by atoms with Crippen molar-refractivity contribution < 1.29 is 18.6 Å². The minimum atomic E-state index is -0.491. The fourth-order valence-corrected chi connectivity index (χ4v) is 3.17. The van der Waals surface area contributed by atoms with Crippen LogP contribution in [0.2, 0.25) is 5.02 Å². The summed E-state index contributed by atoms with van der Waals surface area (Å²) < 4.78 is 30.8. The minimum Gasteiger partial charge on any atom is -0.493 e. The molecular weight excluding hydrogens is 455 g/mol. The Labute approximate surface area is 176 Å². The van der Waals surface area contributed by atoms with Gasteiger partial charge in [0, 0.05) is 6.42 Å². The standard InChI is InChI=1S/C19H23BrClFN2O4/c1-19(2,3)24-18(25)16(21)15(10-23-24)28-11-12-8-13(20)17(14(9-12)26-4)27-7-5-6-22/h8-10H,5-7,11H2,1-4H3. The highest BCUT2D eigenvalue weighted by molar-refractivity contribution is 9.10. The Hall–Kier alpha value is -1.80. The van der Waals surface area contributed by atoms with Crippen molar-refractivity contribution in [3.05, 3.63) is 43.7 Å². The van der Waals surface area contributed by atoms with E-state index in [1.54, 1.807) is 12.1 Å². The first-order valence-corrected chi connectivity index (χ1v) is 9.82. The molecule has 0 saturated heterocycles. The fraction of sp³-hybridized carbons (Fsp3) is 0.474. The molecule has 9 heteroatoms. The van der Waals surface area contributed by atoms with Gasteiger partial charge in [0.15, 0.2) is 22.3 Å². The van der Waals surface area contributed by atoms with Crippen molar-refractivity contribution in [3.63, 3.8) is 0 Å². The summed E-state index contributed by atoms with van der Waals surface area (Å²) in [5.41, 5.74) is -0.144. The summed E-state index contributed by atoms with van der Waals surface area (Å²) in [4.78, 5) is 12.4. The molecule has 0 fully saturated rings. The van der Waals surface area contributed by atoms with Crippen molar-refractivity contribution in [1.82, 2.24) is 9.78 Å². The number of ether oxygens (including phenoxy) is 3. The minimum absolute atomic E-state index is 0.0258. The Morgan fingerprint density at radius 1 is 1.25 bits per heavy atom. The predicted octanol–water partition coefficient (Wildman–Crippen LogP) is 4.74. The summed E-state index contributed by atoms with van der Waals surface area (Å²) >= 11 is 9.60. The van der Waals surface area contributed by atoms with E-state index in [0.29, 0.717) is 22.4 Å². The lowest BCUT2D eigenvalue weighted by atomic mass is 10.1. The molecule has 0 aliphatic heterocycles. The summed E-state index contributed by atoms with van der Waals surface area (Å²) in [7, 11) is 1.52. The lowest BCUT2D eigenvalue weighted by Crippen LogP contribution is -2.36.